The van der Waals surface area contributed by atoms with Gasteiger partial charge in [0.05, 0.1) is 12.1 Å². The summed E-state index contributed by atoms with van der Waals surface area (Å²) >= 11 is 0. The molecule has 1 saturated carbocycles. The van der Waals surface area contributed by atoms with E-state index < -0.39 is 0 Å². The maximum Gasteiger partial charge on any atom is 0.317 e. The fraction of sp³-hybridized carbons (Fsp3) is 0.611. The van der Waals surface area contributed by atoms with Crippen molar-refractivity contribution in [3.63, 3.8) is 0 Å². The van der Waals surface area contributed by atoms with E-state index in [9.17, 15) is 9.59 Å². The van der Waals surface area contributed by atoms with Crippen molar-refractivity contribution in [3.05, 3.63) is 30.1 Å². The van der Waals surface area contributed by atoms with Crippen molar-refractivity contribution in [1.29, 1.82) is 0 Å². The molecule has 1 aromatic rings. The van der Waals surface area contributed by atoms with E-state index >= 15 is 0 Å². The number of carbonyl (C=O) groups is 2. The molecule has 0 spiro atoms. The Bertz CT molecular complexity index is 615. The standard InChI is InChI=1S/C18H24N4O2/c23-17-10-16-15(22(17)12-13-4-3-8-19-11-13)7-9-21(16)18(24)20-14-5-1-2-6-14/h3-4,8,11,14-16H,1-2,5-7,9-10,12H2,(H,20,24)/t15-,16+/m1/s1. The van der Waals surface area contributed by atoms with Crippen LogP contribution in [0.15, 0.2) is 24.5 Å². The number of rotatable bonds is 3. The van der Waals surface area contributed by atoms with E-state index in [2.05, 4.69) is 10.3 Å². The number of aromatic nitrogens is 1. The van der Waals surface area contributed by atoms with Crippen molar-refractivity contribution >= 4 is 11.9 Å². The molecule has 3 fully saturated rings. The molecule has 128 valence electrons. The van der Waals surface area contributed by atoms with E-state index in [1.165, 1.54) is 12.8 Å². The van der Waals surface area contributed by atoms with Gasteiger partial charge in [0, 0.05) is 37.9 Å². The van der Waals surface area contributed by atoms with Crippen LogP contribution >= 0.6 is 0 Å². The second-order valence-corrected chi connectivity index (χ2v) is 7.13. The Hall–Kier alpha value is -2.11. The zero-order valence-electron chi connectivity index (χ0n) is 13.9. The third-order valence-electron chi connectivity index (χ3n) is 5.63. The third-order valence-corrected chi connectivity index (χ3v) is 5.63. The predicted octanol–water partition coefficient (Wildman–Crippen LogP) is 1.91. The van der Waals surface area contributed by atoms with Gasteiger partial charge in [0.15, 0.2) is 0 Å². The van der Waals surface area contributed by atoms with Crippen molar-refractivity contribution in [1.82, 2.24) is 20.1 Å². The van der Waals surface area contributed by atoms with Gasteiger partial charge in [0.1, 0.15) is 0 Å². The summed E-state index contributed by atoms with van der Waals surface area (Å²) in [6.07, 6.45) is 9.43. The maximum atomic E-state index is 12.6. The molecule has 2 atom stereocenters. The molecule has 0 aromatic carbocycles. The number of likely N-dealkylation sites (tertiary alicyclic amines) is 2. The van der Waals surface area contributed by atoms with Gasteiger partial charge in [0.25, 0.3) is 0 Å². The lowest BCUT2D eigenvalue weighted by Crippen LogP contribution is -2.47. The van der Waals surface area contributed by atoms with Gasteiger partial charge in [-0.2, -0.15) is 0 Å². The lowest BCUT2D eigenvalue weighted by molar-refractivity contribution is -0.129. The lowest BCUT2D eigenvalue weighted by Gasteiger charge is -2.26. The smallest absolute Gasteiger partial charge is 0.317 e. The van der Waals surface area contributed by atoms with Gasteiger partial charge >= 0.3 is 6.03 Å². The van der Waals surface area contributed by atoms with Crippen molar-refractivity contribution in [2.24, 2.45) is 0 Å². The summed E-state index contributed by atoms with van der Waals surface area (Å²) in [6, 6.07) is 4.39. The first-order valence-electron chi connectivity index (χ1n) is 8.98. The number of nitrogens with zero attached hydrogens (tertiary/aromatic N) is 3. The average molecular weight is 328 g/mol. The van der Waals surface area contributed by atoms with Crippen LogP contribution in [-0.2, 0) is 11.3 Å². The Morgan fingerprint density at radius 1 is 1.25 bits per heavy atom. The van der Waals surface area contributed by atoms with Gasteiger partial charge in [0.2, 0.25) is 5.91 Å². The van der Waals surface area contributed by atoms with E-state index in [1.54, 1.807) is 12.4 Å². The van der Waals surface area contributed by atoms with E-state index in [0.717, 1.165) is 31.4 Å². The number of nitrogens with one attached hydrogen (secondary N) is 1. The van der Waals surface area contributed by atoms with Gasteiger partial charge in [-0.1, -0.05) is 18.9 Å². The van der Waals surface area contributed by atoms with Crippen LogP contribution in [0.4, 0.5) is 4.79 Å². The highest BCUT2D eigenvalue weighted by Crippen LogP contribution is 2.33. The first kappa shape index (κ1) is 15.4. The Morgan fingerprint density at radius 3 is 2.83 bits per heavy atom. The van der Waals surface area contributed by atoms with Crippen molar-refractivity contribution < 1.29 is 9.59 Å². The van der Waals surface area contributed by atoms with Crippen molar-refractivity contribution in [2.75, 3.05) is 6.54 Å². The highest BCUT2D eigenvalue weighted by molar-refractivity contribution is 5.83. The van der Waals surface area contributed by atoms with Crippen LogP contribution in [0.25, 0.3) is 0 Å². The summed E-state index contributed by atoms with van der Waals surface area (Å²) in [5, 5.41) is 3.16. The fourth-order valence-electron chi connectivity index (χ4n) is 4.40. The molecule has 2 saturated heterocycles. The second-order valence-electron chi connectivity index (χ2n) is 7.13. The normalized spacial score (nSPS) is 26.9. The minimum atomic E-state index is 0.0189. The van der Waals surface area contributed by atoms with Crippen LogP contribution in [0, 0.1) is 0 Å². The van der Waals surface area contributed by atoms with Crippen LogP contribution in [0.1, 0.15) is 44.1 Å². The number of urea groups is 1. The summed E-state index contributed by atoms with van der Waals surface area (Å²) in [6.45, 7) is 1.33. The number of fused-ring (bicyclic) bond motifs is 1. The summed E-state index contributed by atoms with van der Waals surface area (Å²) in [5.41, 5.74) is 1.04. The van der Waals surface area contributed by atoms with Gasteiger partial charge in [-0.15, -0.1) is 0 Å². The van der Waals surface area contributed by atoms with Crippen molar-refractivity contribution in [2.45, 2.75) is 63.2 Å². The van der Waals surface area contributed by atoms with E-state index in [1.807, 2.05) is 21.9 Å². The first-order chi connectivity index (χ1) is 11.7. The topological polar surface area (TPSA) is 65.5 Å². The largest absolute Gasteiger partial charge is 0.335 e. The molecule has 1 N–H and O–H groups in total. The van der Waals surface area contributed by atoms with Gasteiger partial charge in [-0.05, 0) is 30.9 Å². The van der Waals surface area contributed by atoms with E-state index in [4.69, 9.17) is 0 Å². The minimum absolute atomic E-state index is 0.0189. The molecule has 0 radical (unpaired) electrons. The zero-order chi connectivity index (χ0) is 16.5. The molecule has 0 unspecified atom stereocenters. The monoisotopic (exact) mass is 328 g/mol. The first-order valence-corrected chi connectivity index (χ1v) is 8.98. The molecule has 3 amide bonds. The molecular weight excluding hydrogens is 304 g/mol. The Morgan fingerprint density at radius 2 is 2.08 bits per heavy atom. The van der Waals surface area contributed by atoms with E-state index in [0.29, 0.717) is 19.0 Å². The van der Waals surface area contributed by atoms with Gasteiger partial charge < -0.3 is 15.1 Å². The Kier molecular flexibility index (Phi) is 4.12. The molecule has 1 aliphatic carbocycles. The van der Waals surface area contributed by atoms with Gasteiger partial charge in [-0.3, -0.25) is 9.78 Å². The fourth-order valence-corrected chi connectivity index (χ4v) is 4.40. The third kappa shape index (κ3) is 2.85. The molecule has 1 aromatic heterocycles. The SMILES string of the molecule is O=C1C[C@H]2[C@@H](CCN2C(=O)NC2CCCC2)N1Cc1cccnc1. The molecule has 3 aliphatic rings. The van der Waals surface area contributed by atoms with Crippen LogP contribution in [-0.4, -0.2) is 51.4 Å². The summed E-state index contributed by atoms with van der Waals surface area (Å²) in [4.78, 5) is 33.0. The van der Waals surface area contributed by atoms with Crippen LogP contribution < -0.4 is 5.32 Å². The number of carbonyl (C=O) groups excluding carboxylic acids is 2. The summed E-state index contributed by atoms with van der Waals surface area (Å²) in [5.74, 6) is 0.146. The minimum Gasteiger partial charge on any atom is -0.335 e. The Labute approximate surface area is 142 Å². The van der Waals surface area contributed by atoms with Crippen LogP contribution in [0.2, 0.25) is 0 Å². The second kappa shape index (κ2) is 6.42. The van der Waals surface area contributed by atoms with Crippen molar-refractivity contribution in [3.8, 4) is 0 Å². The highest BCUT2D eigenvalue weighted by Gasteiger charge is 2.48. The molecule has 6 nitrogen and oxygen atoms in total. The molecule has 6 heteroatoms. The number of amides is 3. The van der Waals surface area contributed by atoms with Crippen LogP contribution in [0.3, 0.4) is 0 Å². The molecule has 2 aliphatic heterocycles. The lowest BCUT2D eigenvalue weighted by atomic mass is 10.1. The number of hydrogen-bond donors (Lipinski definition) is 1. The summed E-state index contributed by atoms with van der Waals surface area (Å²) in [7, 11) is 0. The van der Waals surface area contributed by atoms with E-state index in [-0.39, 0.29) is 24.0 Å². The highest BCUT2D eigenvalue weighted by atomic mass is 16.2. The number of pyridine rings is 1. The quantitative estimate of drug-likeness (QED) is 0.922. The molecule has 0 bridgehead atoms. The average Bonchev–Trinajstić information content (AvgIpc) is 3.28. The molecule has 4 rings (SSSR count). The number of hydrogen-bond acceptors (Lipinski definition) is 3. The van der Waals surface area contributed by atoms with Crippen LogP contribution in [0.5, 0.6) is 0 Å². The molecule has 24 heavy (non-hydrogen) atoms. The molecular formula is C18H24N4O2. The van der Waals surface area contributed by atoms with Gasteiger partial charge in [-0.25, -0.2) is 4.79 Å². The Balaban J connectivity index is 1.42. The maximum absolute atomic E-state index is 12.6. The zero-order valence-corrected chi connectivity index (χ0v) is 13.9. The summed E-state index contributed by atoms with van der Waals surface area (Å²) < 4.78 is 0. The predicted molar refractivity (Wildman–Crippen MR) is 89.1 cm³/mol. The molecule has 3 heterocycles.